The molecule has 1 aliphatic heterocycles. The van der Waals surface area contributed by atoms with Crippen LogP contribution in [-0.2, 0) is 0 Å². The Balaban J connectivity index is 2.51. The molecular formula is C9H19N2P. The summed E-state index contributed by atoms with van der Waals surface area (Å²) in [5.41, 5.74) is 5.63. The fourth-order valence-corrected chi connectivity index (χ4v) is 1.90. The van der Waals surface area contributed by atoms with E-state index in [2.05, 4.69) is 34.6 Å². The van der Waals surface area contributed by atoms with Crippen molar-refractivity contribution in [1.29, 1.82) is 0 Å². The van der Waals surface area contributed by atoms with Crippen molar-refractivity contribution >= 4 is 9.24 Å². The molecule has 2 nitrogen and oxygen atoms in total. The molecule has 2 atom stereocenters. The molecule has 1 saturated heterocycles. The Morgan fingerprint density at radius 2 is 2.25 bits per heavy atom. The summed E-state index contributed by atoms with van der Waals surface area (Å²) in [6.45, 7) is 10.4. The summed E-state index contributed by atoms with van der Waals surface area (Å²) >= 11 is 0. The Bertz CT molecular complexity index is 183. The minimum Gasteiger partial charge on any atom is -0.386 e. The quantitative estimate of drug-likeness (QED) is 0.660. The van der Waals surface area contributed by atoms with Crippen molar-refractivity contribution in [3.05, 3.63) is 12.4 Å². The second-order valence-electron chi connectivity index (χ2n) is 4.24. The summed E-state index contributed by atoms with van der Waals surface area (Å²) in [6.07, 6.45) is 1.23. The van der Waals surface area contributed by atoms with Crippen LogP contribution in [0.5, 0.6) is 0 Å². The predicted molar refractivity (Wildman–Crippen MR) is 56.8 cm³/mol. The average Bonchev–Trinajstić information content (AvgIpc) is 2.30. The van der Waals surface area contributed by atoms with Crippen molar-refractivity contribution < 1.29 is 0 Å². The first kappa shape index (κ1) is 9.85. The second kappa shape index (κ2) is 3.26. The van der Waals surface area contributed by atoms with Crippen LogP contribution >= 0.6 is 9.24 Å². The van der Waals surface area contributed by atoms with Crippen LogP contribution in [0, 0.1) is 5.92 Å². The lowest BCUT2D eigenvalue weighted by Gasteiger charge is -2.27. The van der Waals surface area contributed by atoms with Crippen LogP contribution in [-0.4, -0.2) is 23.1 Å². The molecule has 0 aromatic carbocycles. The summed E-state index contributed by atoms with van der Waals surface area (Å²) < 4.78 is 0. The van der Waals surface area contributed by atoms with Gasteiger partial charge < -0.3 is 10.6 Å². The first-order chi connectivity index (χ1) is 5.41. The molecule has 1 fully saturated rings. The topological polar surface area (TPSA) is 29.3 Å². The summed E-state index contributed by atoms with van der Waals surface area (Å²) in [6, 6.07) is 0. The van der Waals surface area contributed by atoms with E-state index in [4.69, 9.17) is 5.73 Å². The summed E-state index contributed by atoms with van der Waals surface area (Å²) in [5.74, 6) is 1.44. The molecule has 3 heteroatoms. The molecule has 1 rings (SSSR count). The van der Waals surface area contributed by atoms with Gasteiger partial charge in [-0.3, -0.25) is 0 Å². The minimum absolute atomic E-state index is 0.324. The van der Waals surface area contributed by atoms with E-state index in [1.165, 1.54) is 6.42 Å². The zero-order valence-electron chi connectivity index (χ0n) is 8.01. The van der Waals surface area contributed by atoms with Crippen molar-refractivity contribution in [1.82, 2.24) is 4.90 Å². The average molecular weight is 186 g/mol. The third-order valence-electron chi connectivity index (χ3n) is 2.65. The molecule has 1 aliphatic rings. The van der Waals surface area contributed by atoms with Gasteiger partial charge in [-0.05, 0) is 17.5 Å². The Hall–Kier alpha value is -0.230. The maximum Gasteiger partial charge on any atom is 0.0912 e. The molecule has 2 N–H and O–H groups in total. The molecule has 0 spiro atoms. The number of likely N-dealkylation sites (tertiary alicyclic amines) is 1. The largest absolute Gasteiger partial charge is 0.386 e. The Labute approximate surface area is 77.4 Å². The smallest absolute Gasteiger partial charge is 0.0912 e. The van der Waals surface area contributed by atoms with Gasteiger partial charge in [0.2, 0.25) is 0 Å². The van der Waals surface area contributed by atoms with Gasteiger partial charge in [-0.2, -0.15) is 0 Å². The predicted octanol–water partition coefficient (Wildman–Crippen LogP) is 1.39. The number of nitrogens with two attached hydrogens (primary N) is 1. The third kappa shape index (κ3) is 2.13. The van der Waals surface area contributed by atoms with E-state index in [9.17, 15) is 0 Å². The molecule has 70 valence electrons. The van der Waals surface area contributed by atoms with E-state index < -0.39 is 0 Å². The fourth-order valence-electron chi connectivity index (χ4n) is 1.63. The van der Waals surface area contributed by atoms with Gasteiger partial charge in [0.1, 0.15) is 0 Å². The van der Waals surface area contributed by atoms with Crippen LogP contribution in [0.1, 0.15) is 20.3 Å². The zero-order chi connectivity index (χ0) is 9.35. The molecule has 0 amide bonds. The van der Waals surface area contributed by atoms with Gasteiger partial charge in [-0.1, -0.05) is 20.4 Å². The highest BCUT2D eigenvalue weighted by Gasteiger charge is 2.31. The van der Waals surface area contributed by atoms with Gasteiger partial charge in [0.05, 0.1) is 5.82 Å². The van der Waals surface area contributed by atoms with E-state index in [1.807, 2.05) is 0 Å². The molecule has 12 heavy (non-hydrogen) atoms. The highest BCUT2D eigenvalue weighted by atomic mass is 31.0. The van der Waals surface area contributed by atoms with Crippen LogP contribution in [0.25, 0.3) is 0 Å². The molecule has 0 aromatic heterocycles. The first-order valence-electron chi connectivity index (χ1n) is 4.39. The van der Waals surface area contributed by atoms with E-state index in [0.29, 0.717) is 11.0 Å². The Morgan fingerprint density at radius 1 is 1.67 bits per heavy atom. The Morgan fingerprint density at radius 3 is 2.50 bits per heavy atom. The van der Waals surface area contributed by atoms with Crippen molar-refractivity contribution in [2.24, 2.45) is 11.7 Å². The highest BCUT2D eigenvalue weighted by molar-refractivity contribution is 7.18. The summed E-state index contributed by atoms with van der Waals surface area (Å²) in [5, 5.41) is 0.324. The molecular weight excluding hydrogens is 167 g/mol. The van der Waals surface area contributed by atoms with Gasteiger partial charge in [0.15, 0.2) is 0 Å². The first-order valence-corrected chi connectivity index (χ1v) is 4.97. The second-order valence-corrected chi connectivity index (χ2v) is 5.73. The molecule has 0 bridgehead atoms. The minimum atomic E-state index is 0.324. The van der Waals surface area contributed by atoms with Crippen molar-refractivity contribution in [2.75, 3.05) is 13.1 Å². The third-order valence-corrected chi connectivity index (χ3v) is 3.12. The molecule has 0 radical (unpaired) electrons. The van der Waals surface area contributed by atoms with Crippen molar-refractivity contribution in [3.63, 3.8) is 0 Å². The van der Waals surface area contributed by atoms with Crippen LogP contribution in [0.3, 0.4) is 0 Å². The van der Waals surface area contributed by atoms with Gasteiger partial charge in [-0.15, -0.1) is 9.24 Å². The summed E-state index contributed by atoms with van der Waals surface area (Å²) in [4.78, 5) is 2.16. The number of hydrogen-bond donors (Lipinski definition) is 1. The van der Waals surface area contributed by atoms with Gasteiger partial charge >= 0.3 is 0 Å². The summed E-state index contributed by atoms with van der Waals surface area (Å²) in [7, 11) is 2.91. The number of nitrogens with zero attached hydrogens (tertiary/aromatic N) is 1. The molecule has 0 aliphatic carbocycles. The molecule has 2 unspecified atom stereocenters. The zero-order valence-corrected chi connectivity index (χ0v) is 9.16. The standard InChI is InChI=1S/C9H19N2P/c1-7(10)11-5-4-8(6-11)9(2,3)12/h8H,1,4-6,10,12H2,2-3H3. The molecule has 0 saturated carbocycles. The van der Waals surface area contributed by atoms with Crippen LogP contribution in [0.15, 0.2) is 12.4 Å². The van der Waals surface area contributed by atoms with Crippen LogP contribution in [0.2, 0.25) is 0 Å². The monoisotopic (exact) mass is 186 g/mol. The highest BCUT2D eigenvalue weighted by Crippen LogP contribution is 2.34. The lowest BCUT2D eigenvalue weighted by atomic mass is 9.94. The van der Waals surface area contributed by atoms with E-state index in [1.54, 1.807) is 0 Å². The van der Waals surface area contributed by atoms with Crippen LogP contribution < -0.4 is 5.73 Å². The van der Waals surface area contributed by atoms with Gasteiger partial charge in [-0.25, -0.2) is 0 Å². The maximum absolute atomic E-state index is 5.63. The normalized spacial score (nSPS) is 24.6. The van der Waals surface area contributed by atoms with Crippen molar-refractivity contribution in [3.8, 4) is 0 Å². The van der Waals surface area contributed by atoms with E-state index in [0.717, 1.165) is 19.0 Å². The maximum atomic E-state index is 5.63. The molecule has 0 aromatic rings. The molecule has 1 heterocycles. The number of rotatable bonds is 2. The van der Waals surface area contributed by atoms with Gasteiger partial charge in [0.25, 0.3) is 0 Å². The lowest BCUT2D eigenvalue weighted by Crippen LogP contribution is -2.29. The van der Waals surface area contributed by atoms with Gasteiger partial charge in [0, 0.05) is 13.1 Å². The number of hydrogen-bond acceptors (Lipinski definition) is 2. The van der Waals surface area contributed by atoms with Crippen molar-refractivity contribution in [2.45, 2.75) is 25.4 Å². The Kier molecular flexibility index (Phi) is 2.67. The van der Waals surface area contributed by atoms with E-state index in [-0.39, 0.29) is 0 Å². The SMILES string of the molecule is C=C(N)N1CCC(C(C)(C)P)C1. The van der Waals surface area contributed by atoms with Crippen LogP contribution in [0.4, 0.5) is 0 Å². The fraction of sp³-hybridized carbons (Fsp3) is 0.778. The lowest BCUT2D eigenvalue weighted by molar-refractivity contribution is 0.374. The van der Waals surface area contributed by atoms with E-state index >= 15 is 0 Å².